The zero-order chi connectivity index (χ0) is 17.8. The summed E-state index contributed by atoms with van der Waals surface area (Å²) in [5, 5.41) is 14.6. The van der Waals surface area contributed by atoms with Gasteiger partial charge in [-0.3, -0.25) is 9.80 Å². The second kappa shape index (κ2) is 7.99. The van der Waals surface area contributed by atoms with Crippen LogP contribution < -0.4 is 4.74 Å². The van der Waals surface area contributed by atoms with E-state index in [0.717, 1.165) is 61.1 Å². The van der Waals surface area contributed by atoms with Crippen molar-refractivity contribution in [2.24, 2.45) is 0 Å². The van der Waals surface area contributed by atoms with E-state index in [2.05, 4.69) is 15.0 Å². The smallest absolute Gasteiger partial charge is 0.150 e. The van der Waals surface area contributed by atoms with E-state index in [9.17, 15) is 5.11 Å². The molecule has 1 saturated heterocycles. The molecule has 0 spiro atoms. The Morgan fingerprint density at radius 2 is 1.88 bits per heavy atom. The van der Waals surface area contributed by atoms with Crippen molar-refractivity contribution in [3.8, 4) is 5.75 Å². The van der Waals surface area contributed by atoms with Crippen molar-refractivity contribution >= 4 is 0 Å². The number of nitrogens with zero attached hydrogens (tertiary/aromatic N) is 3. The molecular formula is C19H27N3O3. The molecule has 2 heterocycles. The third-order valence-electron chi connectivity index (χ3n) is 4.70. The molecule has 0 saturated carbocycles. The van der Waals surface area contributed by atoms with Crippen LogP contribution in [0.4, 0.5) is 0 Å². The highest BCUT2D eigenvalue weighted by molar-refractivity contribution is 5.38. The number of aryl methyl sites for hydroxylation is 2. The summed E-state index contributed by atoms with van der Waals surface area (Å²) in [5.41, 5.74) is 2.91. The molecule has 1 aromatic heterocycles. The van der Waals surface area contributed by atoms with Crippen LogP contribution in [-0.4, -0.2) is 59.9 Å². The van der Waals surface area contributed by atoms with E-state index >= 15 is 0 Å². The third-order valence-corrected chi connectivity index (χ3v) is 4.70. The van der Waals surface area contributed by atoms with E-state index in [1.807, 2.05) is 38.1 Å². The molecule has 6 heteroatoms. The fraction of sp³-hybridized carbons (Fsp3) is 0.526. The van der Waals surface area contributed by atoms with Crippen LogP contribution in [0.25, 0.3) is 0 Å². The maximum atomic E-state index is 10.7. The van der Waals surface area contributed by atoms with Gasteiger partial charge in [-0.15, -0.1) is 0 Å². The molecule has 1 aliphatic heterocycles. The number of aromatic nitrogens is 1. The lowest BCUT2D eigenvalue weighted by Gasteiger charge is -2.35. The van der Waals surface area contributed by atoms with Crippen molar-refractivity contribution in [3.05, 3.63) is 46.8 Å². The number of piperazine rings is 1. The van der Waals surface area contributed by atoms with Crippen molar-refractivity contribution in [3.63, 3.8) is 0 Å². The number of aliphatic hydroxyl groups excluding tert-OH is 1. The summed E-state index contributed by atoms with van der Waals surface area (Å²) in [6.07, 6.45) is -0.543. The monoisotopic (exact) mass is 345 g/mol. The maximum absolute atomic E-state index is 10.7. The molecule has 1 aliphatic rings. The van der Waals surface area contributed by atoms with Gasteiger partial charge < -0.3 is 14.4 Å². The first kappa shape index (κ1) is 17.9. The lowest BCUT2D eigenvalue weighted by molar-refractivity contribution is 0.0659. The van der Waals surface area contributed by atoms with Gasteiger partial charge in [0, 0.05) is 44.4 Å². The van der Waals surface area contributed by atoms with E-state index in [1.54, 1.807) is 7.11 Å². The summed E-state index contributed by atoms with van der Waals surface area (Å²) < 4.78 is 10.7. The van der Waals surface area contributed by atoms with Gasteiger partial charge in [0.2, 0.25) is 0 Å². The first-order valence-corrected chi connectivity index (χ1v) is 8.74. The second-order valence-corrected chi connectivity index (χ2v) is 6.77. The minimum absolute atomic E-state index is 0.543. The molecule has 1 aromatic carbocycles. The Morgan fingerprint density at radius 1 is 1.16 bits per heavy atom. The lowest BCUT2D eigenvalue weighted by atomic mass is 10.0. The fourth-order valence-electron chi connectivity index (χ4n) is 3.30. The first-order valence-electron chi connectivity index (χ1n) is 8.74. The van der Waals surface area contributed by atoms with Crippen molar-refractivity contribution in [2.75, 3.05) is 39.8 Å². The van der Waals surface area contributed by atoms with Gasteiger partial charge in [0.1, 0.15) is 5.75 Å². The normalized spacial score (nSPS) is 17.6. The van der Waals surface area contributed by atoms with Crippen LogP contribution in [-0.2, 0) is 6.54 Å². The highest BCUT2D eigenvalue weighted by Crippen LogP contribution is 2.27. The van der Waals surface area contributed by atoms with Crippen LogP contribution in [0.2, 0.25) is 0 Å². The van der Waals surface area contributed by atoms with E-state index in [4.69, 9.17) is 9.26 Å². The fourth-order valence-corrected chi connectivity index (χ4v) is 3.30. The molecule has 2 aromatic rings. The average Bonchev–Trinajstić information content (AvgIpc) is 3.01. The van der Waals surface area contributed by atoms with Crippen LogP contribution >= 0.6 is 0 Å². The summed E-state index contributed by atoms with van der Waals surface area (Å²) in [6, 6.07) is 7.91. The van der Waals surface area contributed by atoms with Crippen LogP contribution in [0.3, 0.4) is 0 Å². The standard InChI is InChI=1S/C19H27N3O3/c1-14-4-5-19(24-3)17(10-14)18(23)13-22-8-6-21(7-9-22)12-16-11-15(2)20-25-16/h4-5,10-11,18,23H,6-9,12-13H2,1-3H3. The van der Waals surface area contributed by atoms with E-state index in [-0.39, 0.29) is 0 Å². The highest BCUT2D eigenvalue weighted by Gasteiger charge is 2.22. The number of ether oxygens (including phenoxy) is 1. The predicted octanol–water partition coefficient (Wildman–Crippen LogP) is 2.15. The summed E-state index contributed by atoms with van der Waals surface area (Å²) in [7, 11) is 1.64. The lowest BCUT2D eigenvalue weighted by Crippen LogP contribution is -2.47. The molecule has 25 heavy (non-hydrogen) atoms. The zero-order valence-electron chi connectivity index (χ0n) is 15.2. The molecule has 6 nitrogen and oxygen atoms in total. The minimum atomic E-state index is -0.543. The molecule has 1 N–H and O–H groups in total. The zero-order valence-corrected chi connectivity index (χ0v) is 15.2. The molecule has 1 unspecified atom stereocenters. The molecule has 1 fully saturated rings. The van der Waals surface area contributed by atoms with Crippen molar-refractivity contribution in [1.82, 2.24) is 15.0 Å². The molecular weight excluding hydrogens is 318 g/mol. The second-order valence-electron chi connectivity index (χ2n) is 6.77. The Bertz CT molecular complexity index is 693. The number of rotatable bonds is 6. The molecule has 0 amide bonds. The van der Waals surface area contributed by atoms with Gasteiger partial charge in [0.15, 0.2) is 5.76 Å². The van der Waals surface area contributed by atoms with Crippen LogP contribution in [0, 0.1) is 13.8 Å². The Morgan fingerprint density at radius 3 is 2.52 bits per heavy atom. The van der Waals surface area contributed by atoms with Gasteiger partial charge in [0.25, 0.3) is 0 Å². The largest absolute Gasteiger partial charge is 0.496 e. The van der Waals surface area contributed by atoms with E-state index in [1.165, 1.54) is 0 Å². The van der Waals surface area contributed by atoms with Crippen LogP contribution in [0.1, 0.15) is 28.7 Å². The van der Waals surface area contributed by atoms with Gasteiger partial charge in [-0.2, -0.15) is 0 Å². The summed E-state index contributed by atoms with van der Waals surface area (Å²) in [5.74, 6) is 1.66. The molecule has 136 valence electrons. The Kier molecular flexibility index (Phi) is 5.73. The topological polar surface area (TPSA) is 62.0 Å². The van der Waals surface area contributed by atoms with Crippen molar-refractivity contribution in [2.45, 2.75) is 26.5 Å². The van der Waals surface area contributed by atoms with Gasteiger partial charge >= 0.3 is 0 Å². The van der Waals surface area contributed by atoms with Crippen molar-refractivity contribution in [1.29, 1.82) is 0 Å². The van der Waals surface area contributed by atoms with Crippen LogP contribution in [0.15, 0.2) is 28.8 Å². The summed E-state index contributed by atoms with van der Waals surface area (Å²) in [6.45, 7) is 9.15. The maximum Gasteiger partial charge on any atom is 0.150 e. The molecule has 3 rings (SSSR count). The van der Waals surface area contributed by atoms with Gasteiger partial charge in [-0.25, -0.2) is 0 Å². The quantitative estimate of drug-likeness (QED) is 0.866. The average molecular weight is 345 g/mol. The minimum Gasteiger partial charge on any atom is -0.496 e. The summed E-state index contributed by atoms with van der Waals surface area (Å²) >= 11 is 0. The summed E-state index contributed by atoms with van der Waals surface area (Å²) in [4.78, 5) is 4.66. The molecule has 0 radical (unpaired) electrons. The van der Waals surface area contributed by atoms with Crippen LogP contribution in [0.5, 0.6) is 5.75 Å². The number of hydrogen-bond acceptors (Lipinski definition) is 6. The highest BCUT2D eigenvalue weighted by atomic mass is 16.5. The van der Waals surface area contributed by atoms with E-state index in [0.29, 0.717) is 6.54 Å². The predicted molar refractivity (Wildman–Crippen MR) is 95.6 cm³/mol. The number of aliphatic hydroxyl groups is 1. The molecule has 0 bridgehead atoms. The van der Waals surface area contributed by atoms with Gasteiger partial charge in [-0.05, 0) is 26.0 Å². The Balaban J connectivity index is 1.52. The van der Waals surface area contributed by atoms with Crippen molar-refractivity contribution < 1.29 is 14.4 Å². The molecule has 1 atom stereocenters. The Hall–Kier alpha value is -1.89. The molecule has 0 aliphatic carbocycles. The third kappa shape index (κ3) is 4.60. The number of methoxy groups -OCH3 is 1. The first-order chi connectivity index (χ1) is 12.0. The Labute approximate surface area is 149 Å². The van der Waals surface area contributed by atoms with E-state index < -0.39 is 6.10 Å². The van der Waals surface area contributed by atoms with Gasteiger partial charge in [0.05, 0.1) is 25.5 Å². The SMILES string of the molecule is COc1ccc(C)cc1C(O)CN1CCN(Cc2cc(C)no2)CC1. The number of benzene rings is 1. The number of β-amino-alcohol motifs (C(OH)–C–C–N with tert-alkyl or cyclic N) is 1. The van der Waals surface area contributed by atoms with Gasteiger partial charge in [-0.1, -0.05) is 16.8 Å². The number of hydrogen-bond donors (Lipinski definition) is 1.